The van der Waals surface area contributed by atoms with Crippen molar-refractivity contribution in [2.45, 2.75) is 84.2 Å². The number of fused-ring (bicyclic) bond motifs is 7. The molecule has 0 radical (unpaired) electrons. The minimum Gasteiger partial charge on any atom is -0.393 e. The Hall–Kier alpha value is -0.910. The van der Waals surface area contributed by atoms with Crippen LogP contribution in [0.3, 0.4) is 0 Å². The Morgan fingerprint density at radius 1 is 1.10 bits per heavy atom. The van der Waals surface area contributed by atoms with E-state index in [2.05, 4.69) is 30.4 Å². The first kappa shape index (κ1) is 19.8. The summed E-state index contributed by atoms with van der Waals surface area (Å²) >= 11 is 1.90. The van der Waals surface area contributed by atoms with Gasteiger partial charge in [-0.25, -0.2) is 9.99 Å². The second-order valence-electron chi connectivity index (χ2n) is 11.2. The lowest BCUT2D eigenvalue weighted by molar-refractivity contribution is -0.0579. The van der Waals surface area contributed by atoms with Crippen LogP contribution in [0.2, 0.25) is 0 Å². The molecule has 1 aliphatic heterocycles. The van der Waals surface area contributed by atoms with Gasteiger partial charge < -0.3 is 5.11 Å². The number of hydrazine groups is 1. The number of anilines is 1. The van der Waals surface area contributed by atoms with Gasteiger partial charge in [-0.15, -0.1) is 0 Å². The van der Waals surface area contributed by atoms with Crippen LogP contribution in [-0.4, -0.2) is 34.3 Å². The lowest BCUT2D eigenvalue weighted by Crippen LogP contribution is -2.50. The van der Waals surface area contributed by atoms with Crippen LogP contribution in [0.25, 0.3) is 5.57 Å². The molecular formula is C25H37N3OS. The van der Waals surface area contributed by atoms with Crippen molar-refractivity contribution < 1.29 is 5.11 Å². The summed E-state index contributed by atoms with van der Waals surface area (Å²) < 4.78 is 0. The zero-order valence-electron chi connectivity index (χ0n) is 18.6. The maximum atomic E-state index is 10.7. The van der Waals surface area contributed by atoms with E-state index in [1.54, 1.807) is 5.57 Å². The van der Waals surface area contributed by atoms with Gasteiger partial charge in [-0.2, -0.15) is 0 Å². The highest BCUT2D eigenvalue weighted by molar-refractivity contribution is 7.16. The topological polar surface area (TPSA) is 48.4 Å². The average molecular weight is 428 g/mol. The van der Waals surface area contributed by atoms with E-state index in [1.165, 1.54) is 61.9 Å². The normalized spacial score (nSPS) is 43.2. The van der Waals surface area contributed by atoms with Crippen molar-refractivity contribution in [3.05, 3.63) is 16.6 Å². The lowest BCUT2D eigenvalue weighted by atomic mass is 9.48. The monoisotopic (exact) mass is 427 g/mol. The van der Waals surface area contributed by atoms with E-state index in [0.29, 0.717) is 11.3 Å². The molecule has 2 saturated carbocycles. The van der Waals surface area contributed by atoms with Crippen molar-refractivity contribution in [3.8, 4) is 0 Å². The summed E-state index contributed by atoms with van der Waals surface area (Å²) in [4.78, 5) is 6.51. The molecule has 1 aromatic heterocycles. The third-order valence-corrected chi connectivity index (χ3v) is 10.9. The molecule has 4 aliphatic carbocycles. The number of rotatable bonds is 2. The predicted octanol–water partition coefficient (Wildman–Crippen LogP) is 5.50. The number of nitrogens with zero attached hydrogens (tertiary/aromatic N) is 2. The molecule has 30 heavy (non-hydrogen) atoms. The van der Waals surface area contributed by atoms with Gasteiger partial charge in [0.05, 0.1) is 16.7 Å². The molecule has 6 atom stereocenters. The highest BCUT2D eigenvalue weighted by Crippen LogP contribution is 2.66. The molecule has 0 bridgehead atoms. The number of hydrogen-bond donors (Lipinski definition) is 2. The standard InChI is InChI=1S/C25H37N3OS/c1-24-13-11-20-22(30-23(26-20)27-28-14-4-3-5-15-28)19(24)7-6-16-17-8-9-21(29)25(17,2)12-10-18(16)24/h7,16-18,21,29H,3-6,8-15H2,1-2H3,(H,26,27)/t16-,17-,18-,21-,24+,25-/m0/s1. The van der Waals surface area contributed by atoms with Crippen LogP contribution in [-0.2, 0) is 6.42 Å². The fourth-order valence-corrected chi connectivity index (χ4v) is 9.25. The van der Waals surface area contributed by atoms with E-state index in [-0.39, 0.29) is 11.5 Å². The first-order valence-corrected chi connectivity index (χ1v) is 13.2. The largest absolute Gasteiger partial charge is 0.393 e. The number of aryl methyl sites for hydroxylation is 1. The number of piperidine rings is 1. The molecule has 2 N–H and O–H groups in total. The predicted molar refractivity (Wildman–Crippen MR) is 123 cm³/mol. The van der Waals surface area contributed by atoms with E-state index in [9.17, 15) is 5.11 Å². The summed E-state index contributed by atoms with van der Waals surface area (Å²) in [5.41, 5.74) is 7.02. The van der Waals surface area contributed by atoms with Gasteiger partial charge in [-0.1, -0.05) is 37.7 Å². The SMILES string of the molecule is C[C@]12CC[C@H]3[C@@H](CC=C4c5sc(NN6CCCCC6)nc5CC[C@@]43C)[C@@H]1CC[C@@H]2O. The molecule has 5 heteroatoms. The molecule has 3 fully saturated rings. The van der Waals surface area contributed by atoms with Crippen LogP contribution in [0.5, 0.6) is 0 Å². The average Bonchev–Trinajstić information content (AvgIpc) is 3.28. The van der Waals surface area contributed by atoms with E-state index >= 15 is 0 Å². The Kier molecular flexibility index (Phi) is 4.64. The Bertz CT molecular complexity index is 859. The van der Waals surface area contributed by atoms with Gasteiger partial charge in [0.15, 0.2) is 5.13 Å². The van der Waals surface area contributed by atoms with Gasteiger partial charge >= 0.3 is 0 Å². The molecule has 0 spiro atoms. The Morgan fingerprint density at radius 2 is 1.93 bits per heavy atom. The summed E-state index contributed by atoms with van der Waals surface area (Å²) in [6.07, 6.45) is 14.8. The van der Waals surface area contributed by atoms with Gasteiger partial charge in [0.1, 0.15) is 0 Å². The molecule has 1 saturated heterocycles. The number of thiazole rings is 1. The lowest BCUT2D eigenvalue weighted by Gasteiger charge is -2.56. The number of allylic oxidation sites excluding steroid dienone is 2. The van der Waals surface area contributed by atoms with Crippen LogP contribution in [0, 0.1) is 28.6 Å². The highest BCUT2D eigenvalue weighted by Gasteiger charge is 2.58. The fourth-order valence-electron chi connectivity index (χ4n) is 8.04. The van der Waals surface area contributed by atoms with E-state index in [0.717, 1.165) is 42.9 Å². The van der Waals surface area contributed by atoms with Crippen molar-refractivity contribution in [2.24, 2.45) is 28.6 Å². The van der Waals surface area contributed by atoms with E-state index in [4.69, 9.17) is 4.98 Å². The summed E-state index contributed by atoms with van der Waals surface area (Å²) in [5, 5.41) is 14.2. The number of nitrogens with one attached hydrogen (secondary N) is 1. The Labute approximate surface area is 185 Å². The molecule has 5 aliphatic rings. The smallest absolute Gasteiger partial charge is 0.198 e. The van der Waals surface area contributed by atoms with Crippen LogP contribution >= 0.6 is 11.3 Å². The summed E-state index contributed by atoms with van der Waals surface area (Å²) in [5.74, 6) is 2.24. The Morgan fingerprint density at radius 3 is 2.77 bits per heavy atom. The maximum absolute atomic E-state index is 10.7. The third kappa shape index (κ3) is 2.80. The number of aliphatic hydroxyl groups excluding tert-OH is 1. The molecule has 0 aromatic carbocycles. The number of aromatic nitrogens is 1. The summed E-state index contributed by atoms with van der Waals surface area (Å²) in [6.45, 7) is 7.22. The third-order valence-electron chi connectivity index (χ3n) is 9.85. The number of aliphatic hydroxyl groups is 1. The maximum Gasteiger partial charge on any atom is 0.198 e. The molecule has 2 heterocycles. The van der Waals surface area contributed by atoms with Crippen LogP contribution in [0.15, 0.2) is 6.08 Å². The van der Waals surface area contributed by atoms with Gasteiger partial charge in [-0.05, 0) is 91.9 Å². The first-order chi connectivity index (χ1) is 14.5. The van der Waals surface area contributed by atoms with Crippen LogP contribution in [0.4, 0.5) is 5.13 Å². The van der Waals surface area contributed by atoms with Gasteiger partial charge in [-0.3, -0.25) is 5.43 Å². The zero-order chi connectivity index (χ0) is 20.5. The quantitative estimate of drug-likeness (QED) is 0.654. The first-order valence-electron chi connectivity index (χ1n) is 12.4. The highest BCUT2D eigenvalue weighted by atomic mass is 32.1. The van der Waals surface area contributed by atoms with Crippen LogP contribution in [0.1, 0.15) is 82.2 Å². The summed E-state index contributed by atoms with van der Waals surface area (Å²) in [6, 6.07) is 0. The van der Waals surface area contributed by atoms with Crippen molar-refractivity contribution >= 4 is 22.0 Å². The zero-order valence-corrected chi connectivity index (χ0v) is 19.4. The molecule has 1 aromatic rings. The number of hydrogen-bond acceptors (Lipinski definition) is 5. The second-order valence-corrected chi connectivity index (χ2v) is 12.2. The molecular weight excluding hydrogens is 390 g/mol. The molecule has 164 valence electrons. The van der Waals surface area contributed by atoms with Gasteiger partial charge in [0.2, 0.25) is 0 Å². The minimum absolute atomic E-state index is 0.0792. The molecule has 0 unspecified atom stereocenters. The fraction of sp³-hybridized carbons (Fsp3) is 0.800. The van der Waals surface area contributed by atoms with Crippen molar-refractivity contribution in [1.29, 1.82) is 0 Å². The van der Waals surface area contributed by atoms with Crippen LogP contribution < -0.4 is 5.43 Å². The van der Waals surface area contributed by atoms with Gasteiger partial charge in [0.25, 0.3) is 0 Å². The molecule has 4 nitrogen and oxygen atoms in total. The molecule has 6 rings (SSSR count). The summed E-state index contributed by atoms with van der Waals surface area (Å²) in [7, 11) is 0. The van der Waals surface area contributed by atoms with E-state index < -0.39 is 0 Å². The molecule has 0 amide bonds. The van der Waals surface area contributed by atoms with Crippen molar-refractivity contribution in [1.82, 2.24) is 9.99 Å². The second kappa shape index (κ2) is 7.05. The Balaban J connectivity index is 1.30. The van der Waals surface area contributed by atoms with E-state index in [1.807, 2.05) is 11.3 Å². The minimum atomic E-state index is -0.0792. The van der Waals surface area contributed by atoms with Crippen molar-refractivity contribution in [3.63, 3.8) is 0 Å². The van der Waals surface area contributed by atoms with Crippen molar-refractivity contribution in [2.75, 3.05) is 18.5 Å². The van der Waals surface area contributed by atoms with Gasteiger partial charge in [0, 0.05) is 13.1 Å².